The van der Waals surface area contributed by atoms with Crippen LogP contribution in [0.4, 0.5) is 0 Å². The summed E-state index contributed by atoms with van der Waals surface area (Å²) in [6, 6.07) is 28.7. The minimum atomic E-state index is -0.674. The van der Waals surface area contributed by atoms with Gasteiger partial charge in [-0.3, -0.25) is 0 Å². The normalized spacial score (nSPS) is 19.1. The van der Waals surface area contributed by atoms with Crippen LogP contribution in [0.25, 0.3) is 10.4 Å². The molecule has 3 aromatic rings. The topological polar surface area (TPSA) is 109 Å². The van der Waals surface area contributed by atoms with Gasteiger partial charge < -0.3 is 24.1 Å². The van der Waals surface area contributed by atoms with Crippen molar-refractivity contribution in [2.45, 2.75) is 50.3 Å². The van der Waals surface area contributed by atoms with Crippen molar-refractivity contribution in [1.29, 1.82) is 0 Å². The summed E-state index contributed by atoms with van der Waals surface area (Å²) in [6.45, 7) is 1.00. The van der Waals surface area contributed by atoms with Gasteiger partial charge in [0.2, 0.25) is 0 Å². The first-order chi connectivity index (χ1) is 17.8. The highest BCUT2D eigenvalue weighted by Gasteiger charge is 2.50. The number of hydrogen-bond donors (Lipinski definition) is 1. The van der Waals surface area contributed by atoms with Crippen molar-refractivity contribution in [2.24, 2.45) is 5.11 Å². The van der Waals surface area contributed by atoms with Crippen molar-refractivity contribution in [3.63, 3.8) is 0 Å². The minimum Gasteiger partial charge on any atom is -0.394 e. The molecule has 0 amide bonds. The zero-order chi connectivity index (χ0) is 25.0. The molecular formula is C28H31N3O5. The van der Waals surface area contributed by atoms with Gasteiger partial charge in [0.1, 0.15) is 18.3 Å². The highest BCUT2D eigenvalue weighted by molar-refractivity contribution is 5.15. The second-order valence-corrected chi connectivity index (χ2v) is 8.62. The lowest BCUT2D eigenvalue weighted by atomic mass is 10.0. The van der Waals surface area contributed by atoms with Crippen molar-refractivity contribution >= 4 is 0 Å². The summed E-state index contributed by atoms with van der Waals surface area (Å²) in [5.74, 6) is 0. The fourth-order valence-corrected chi connectivity index (χ4v) is 4.06. The third kappa shape index (κ3) is 7.63. The molecule has 36 heavy (non-hydrogen) atoms. The summed E-state index contributed by atoms with van der Waals surface area (Å²) >= 11 is 0. The predicted octanol–water partition coefficient (Wildman–Crippen LogP) is 4.81. The fourth-order valence-electron chi connectivity index (χ4n) is 4.06. The van der Waals surface area contributed by atoms with E-state index >= 15 is 0 Å². The van der Waals surface area contributed by atoms with E-state index in [2.05, 4.69) is 10.0 Å². The molecule has 3 aromatic carbocycles. The van der Waals surface area contributed by atoms with Crippen LogP contribution in [0.15, 0.2) is 96.1 Å². The Kier molecular flexibility index (Phi) is 9.87. The van der Waals surface area contributed by atoms with E-state index in [0.717, 1.165) is 16.7 Å². The molecule has 0 radical (unpaired) electrons. The SMILES string of the molecule is [N-]=[N+]=N[C@H](COCc1ccccc1)[C@@H](OCc1ccccc1)[C@H](OCc1ccccc1)[C@@H]1O[C@H]1CO. The van der Waals surface area contributed by atoms with Crippen LogP contribution in [-0.4, -0.2) is 48.8 Å². The largest absolute Gasteiger partial charge is 0.394 e. The van der Waals surface area contributed by atoms with E-state index in [0.29, 0.717) is 19.8 Å². The van der Waals surface area contributed by atoms with E-state index in [1.54, 1.807) is 0 Å². The fraction of sp³-hybridized carbons (Fsp3) is 0.357. The summed E-state index contributed by atoms with van der Waals surface area (Å²) in [5, 5.41) is 13.7. The molecule has 1 fully saturated rings. The number of aliphatic hydroxyl groups excluding tert-OH is 1. The van der Waals surface area contributed by atoms with Gasteiger partial charge in [0, 0.05) is 4.91 Å². The molecule has 0 aliphatic carbocycles. The van der Waals surface area contributed by atoms with E-state index in [1.807, 2.05) is 91.0 Å². The molecule has 1 N–H and O–H groups in total. The van der Waals surface area contributed by atoms with E-state index in [-0.39, 0.29) is 25.4 Å². The number of nitrogens with zero attached hydrogens (tertiary/aromatic N) is 3. The molecule has 1 aliphatic rings. The summed E-state index contributed by atoms with van der Waals surface area (Å²) in [7, 11) is 0. The highest BCUT2D eigenvalue weighted by Crippen LogP contribution is 2.32. The zero-order valence-electron chi connectivity index (χ0n) is 20.0. The Morgan fingerprint density at radius 1 is 0.806 bits per heavy atom. The first-order valence-corrected chi connectivity index (χ1v) is 12.0. The number of hydrogen-bond acceptors (Lipinski definition) is 6. The first kappa shape index (κ1) is 25.9. The van der Waals surface area contributed by atoms with Crippen molar-refractivity contribution < 1.29 is 24.1 Å². The van der Waals surface area contributed by atoms with Gasteiger partial charge in [-0.15, -0.1) is 0 Å². The standard InChI is InChI=1S/C28H31N3O5/c29-31-30-24(20-33-17-21-10-4-1-5-11-21)26(34-18-22-12-6-2-7-13-22)28(27-25(16-32)36-27)35-19-23-14-8-3-9-15-23/h1-15,24-28,32H,16-20H2/t24-,25+,26-,27-,28+/m1/s1. The monoisotopic (exact) mass is 489 g/mol. The van der Waals surface area contributed by atoms with Crippen LogP contribution in [-0.2, 0) is 38.8 Å². The molecule has 8 nitrogen and oxygen atoms in total. The van der Waals surface area contributed by atoms with Gasteiger partial charge in [-0.2, -0.15) is 0 Å². The summed E-state index contributed by atoms with van der Waals surface area (Å²) in [4.78, 5) is 3.08. The Balaban J connectivity index is 1.53. The quantitative estimate of drug-likeness (QED) is 0.143. The van der Waals surface area contributed by atoms with Gasteiger partial charge in [-0.05, 0) is 22.2 Å². The number of benzene rings is 3. The second kappa shape index (κ2) is 13.8. The maximum atomic E-state index is 9.68. The summed E-state index contributed by atoms with van der Waals surface area (Å²) in [5.41, 5.74) is 12.3. The third-order valence-corrected chi connectivity index (χ3v) is 6.00. The first-order valence-electron chi connectivity index (χ1n) is 12.0. The maximum absolute atomic E-state index is 9.68. The maximum Gasteiger partial charge on any atom is 0.115 e. The number of rotatable bonds is 15. The van der Waals surface area contributed by atoms with Crippen LogP contribution in [0.2, 0.25) is 0 Å². The lowest BCUT2D eigenvalue weighted by Crippen LogP contribution is -2.46. The van der Waals surface area contributed by atoms with Gasteiger partial charge in [0.25, 0.3) is 0 Å². The Hall–Kier alpha value is -3.23. The molecule has 1 aliphatic heterocycles. The van der Waals surface area contributed by atoms with Crippen LogP contribution < -0.4 is 0 Å². The Bertz CT molecular complexity index is 1080. The lowest BCUT2D eigenvalue weighted by molar-refractivity contribution is -0.113. The average molecular weight is 490 g/mol. The molecule has 4 rings (SSSR count). The number of aliphatic hydroxyl groups is 1. The summed E-state index contributed by atoms with van der Waals surface area (Å²) in [6.07, 6.45) is -1.99. The molecule has 1 heterocycles. The average Bonchev–Trinajstić information content (AvgIpc) is 3.71. The van der Waals surface area contributed by atoms with Crippen molar-refractivity contribution in [3.05, 3.63) is 118 Å². The molecule has 0 saturated carbocycles. The van der Waals surface area contributed by atoms with Crippen LogP contribution in [0.3, 0.4) is 0 Å². The van der Waals surface area contributed by atoms with Gasteiger partial charge >= 0.3 is 0 Å². The van der Waals surface area contributed by atoms with Crippen molar-refractivity contribution in [2.75, 3.05) is 13.2 Å². The number of epoxide rings is 1. The molecular weight excluding hydrogens is 458 g/mol. The molecule has 0 bridgehead atoms. The zero-order valence-corrected chi connectivity index (χ0v) is 20.0. The van der Waals surface area contributed by atoms with Crippen LogP contribution in [0.1, 0.15) is 16.7 Å². The van der Waals surface area contributed by atoms with Crippen molar-refractivity contribution in [1.82, 2.24) is 0 Å². The predicted molar refractivity (Wildman–Crippen MR) is 135 cm³/mol. The molecule has 0 unspecified atom stereocenters. The van der Waals surface area contributed by atoms with Gasteiger partial charge in [-0.25, -0.2) is 0 Å². The van der Waals surface area contributed by atoms with Crippen LogP contribution in [0.5, 0.6) is 0 Å². The molecule has 0 spiro atoms. The van der Waals surface area contributed by atoms with Crippen LogP contribution in [0, 0.1) is 0 Å². The minimum absolute atomic E-state index is 0.127. The smallest absolute Gasteiger partial charge is 0.115 e. The summed E-state index contributed by atoms with van der Waals surface area (Å²) < 4.78 is 24.3. The van der Waals surface area contributed by atoms with E-state index in [4.69, 9.17) is 18.9 Å². The molecule has 0 aromatic heterocycles. The lowest BCUT2D eigenvalue weighted by Gasteiger charge is -2.31. The Morgan fingerprint density at radius 3 is 1.83 bits per heavy atom. The van der Waals surface area contributed by atoms with Gasteiger partial charge in [-0.1, -0.05) is 96.1 Å². The van der Waals surface area contributed by atoms with E-state index in [9.17, 15) is 10.6 Å². The second-order valence-electron chi connectivity index (χ2n) is 8.62. The Labute approximate surface area is 211 Å². The molecule has 188 valence electrons. The number of azide groups is 1. The number of ether oxygens (including phenoxy) is 4. The third-order valence-electron chi connectivity index (χ3n) is 6.00. The van der Waals surface area contributed by atoms with Crippen LogP contribution >= 0.6 is 0 Å². The van der Waals surface area contributed by atoms with Crippen molar-refractivity contribution in [3.8, 4) is 0 Å². The highest BCUT2D eigenvalue weighted by atomic mass is 16.6. The molecule has 8 heteroatoms. The van der Waals surface area contributed by atoms with Gasteiger partial charge in [0.15, 0.2) is 0 Å². The van der Waals surface area contributed by atoms with Gasteiger partial charge in [0.05, 0.1) is 45.2 Å². The molecule has 1 saturated heterocycles. The molecule has 5 atom stereocenters. The van der Waals surface area contributed by atoms with E-state index < -0.39 is 18.2 Å². The van der Waals surface area contributed by atoms with E-state index in [1.165, 1.54) is 0 Å². The Morgan fingerprint density at radius 2 is 1.33 bits per heavy atom.